The van der Waals surface area contributed by atoms with Gasteiger partial charge in [0.1, 0.15) is 5.82 Å². The van der Waals surface area contributed by atoms with Crippen LogP contribution in [0.1, 0.15) is 17.2 Å². The smallest absolute Gasteiger partial charge is 0.321 e. The Morgan fingerprint density at radius 3 is 2.42 bits per heavy atom. The molecule has 0 fully saturated rings. The van der Waals surface area contributed by atoms with Crippen LogP contribution in [0.15, 0.2) is 48.5 Å². The Kier molecular flexibility index (Phi) is 6.68. The van der Waals surface area contributed by atoms with E-state index >= 15 is 0 Å². The average molecular weight is 379 g/mol. The molecular formula is C18H16ClFN2O4. The van der Waals surface area contributed by atoms with Crippen LogP contribution in [0.3, 0.4) is 0 Å². The van der Waals surface area contributed by atoms with Crippen LogP contribution in [0.25, 0.3) is 0 Å². The fourth-order valence-electron chi connectivity index (χ4n) is 2.16. The van der Waals surface area contributed by atoms with Crippen molar-refractivity contribution in [2.45, 2.75) is 12.5 Å². The quantitative estimate of drug-likeness (QED) is 0.783. The monoisotopic (exact) mass is 378 g/mol. The highest BCUT2D eigenvalue weighted by molar-refractivity contribution is 6.31. The maximum absolute atomic E-state index is 13.8. The highest BCUT2D eigenvalue weighted by atomic mass is 35.5. The third-order valence-corrected chi connectivity index (χ3v) is 3.79. The van der Waals surface area contributed by atoms with Gasteiger partial charge in [0, 0.05) is 23.2 Å². The highest BCUT2D eigenvalue weighted by Gasteiger charge is 2.27. The molecule has 0 bridgehead atoms. The molecule has 136 valence electrons. The molecule has 0 aliphatic heterocycles. The van der Waals surface area contributed by atoms with Crippen LogP contribution in [-0.4, -0.2) is 25.0 Å². The van der Waals surface area contributed by atoms with Crippen LogP contribution in [0.5, 0.6) is 0 Å². The number of halogens is 2. The van der Waals surface area contributed by atoms with Crippen molar-refractivity contribution < 1.29 is 23.5 Å². The van der Waals surface area contributed by atoms with E-state index in [0.717, 1.165) is 0 Å². The summed E-state index contributed by atoms with van der Waals surface area (Å²) in [6, 6.07) is 11.4. The summed E-state index contributed by atoms with van der Waals surface area (Å²) in [5.41, 5.74) is 0.333. The number of hydrogen-bond acceptors (Lipinski definition) is 4. The number of ether oxygens (including phenoxy) is 1. The Balaban J connectivity index is 2.19. The van der Waals surface area contributed by atoms with E-state index < -0.39 is 36.2 Å². The molecule has 2 aromatic carbocycles. The number of urea groups is 1. The molecule has 2 rings (SSSR count). The number of carbonyl (C=O) groups excluding carboxylic acids is 3. The molecule has 0 aliphatic carbocycles. The van der Waals surface area contributed by atoms with Gasteiger partial charge < -0.3 is 10.1 Å². The van der Waals surface area contributed by atoms with E-state index in [1.807, 2.05) is 0 Å². The number of rotatable bonds is 5. The fourth-order valence-corrected chi connectivity index (χ4v) is 2.39. The lowest BCUT2D eigenvalue weighted by Gasteiger charge is -2.18. The van der Waals surface area contributed by atoms with Crippen molar-refractivity contribution in [1.29, 1.82) is 0 Å². The summed E-state index contributed by atoms with van der Waals surface area (Å²) in [7, 11) is 1.34. The summed E-state index contributed by atoms with van der Waals surface area (Å²) in [4.78, 5) is 35.9. The Morgan fingerprint density at radius 1 is 1.12 bits per heavy atom. The van der Waals surface area contributed by atoms with E-state index in [9.17, 15) is 18.8 Å². The first kappa shape index (κ1) is 19.4. The molecule has 0 saturated carbocycles. The van der Waals surface area contributed by atoms with Gasteiger partial charge in [-0.05, 0) is 12.1 Å². The minimum atomic E-state index is -1.37. The summed E-state index contributed by atoms with van der Waals surface area (Å²) in [5.74, 6) is -2.35. The van der Waals surface area contributed by atoms with Crippen molar-refractivity contribution in [3.8, 4) is 0 Å². The zero-order valence-electron chi connectivity index (χ0n) is 13.8. The largest absolute Gasteiger partial charge is 0.447 e. The Morgan fingerprint density at radius 2 is 1.81 bits per heavy atom. The van der Waals surface area contributed by atoms with E-state index in [2.05, 4.69) is 10.6 Å². The molecule has 1 atom stereocenters. The summed E-state index contributed by atoms with van der Waals surface area (Å²) < 4.78 is 19.0. The molecule has 0 saturated heterocycles. The number of amides is 3. The number of esters is 1. The molecule has 2 N–H and O–H groups in total. The van der Waals surface area contributed by atoms with Crippen LogP contribution in [0.2, 0.25) is 5.02 Å². The molecular weight excluding hydrogens is 363 g/mol. The number of imide groups is 1. The van der Waals surface area contributed by atoms with E-state index in [-0.39, 0.29) is 10.6 Å². The van der Waals surface area contributed by atoms with Crippen molar-refractivity contribution >= 4 is 29.5 Å². The van der Waals surface area contributed by atoms with Crippen molar-refractivity contribution in [2.75, 3.05) is 7.05 Å². The molecule has 2 aromatic rings. The van der Waals surface area contributed by atoms with E-state index in [1.54, 1.807) is 30.3 Å². The molecule has 0 aromatic heterocycles. The van der Waals surface area contributed by atoms with Crippen LogP contribution in [-0.2, 0) is 20.7 Å². The maximum Gasteiger partial charge on any atom is 0.321 e. The van der Waals surface area contributed by atoms with Gasteiger partial charge in [0.25, 0.3) is 5.91 Å². The van der Waals surface area contributed by atoms with Crippen molar-refractivity contribution in [3.63, 3.8) is 0 Å². The normalized spacial score (nSPS) is 11.3. The predicted molar refractivity (Wildman–Crippen MR) is 93.0 cm³/mol. The van der Waals surface area contributed by atoms with Crippen LogP contribution in [0, 0.1) is 5.82 Å². The van der Waals surface area contributed by atoms with Crippen LogP contribution < -0.4 is 10.6 Å². The van der Waals surface area contributed by atoms with Crippen LogP contribution in [0.4, 0.5) is 9.18 Å². The highest BCUT2D eigenvalue weighted by Crippen LogP contribution is 2.22. The number of nitrogens with one attached hydrogen (secondary N) is 2. The second-order valence-corrected chi connectivity index (χ2v) is 5.63. The summed E-state index contributed by atoms with van der Waals surface area (Å²) >= 11 is 5.90. The second kappa shape index (κ2) is 8.96. The lowest BCUT2D eigenvalue weighted by atomic mass is 10.1. The molecule has 6 nitrogen and oxygen atoms in total. The van der Waals surface area contributed by atoms with Gasteiger partial charge in [0.15, 0.2) is 0 Å². The summed E-state index contributed by atoms with van der Waals surface area (Å²) in [6.07, 6.45) is -1.83. The van der Waals surface area contributed by atoms with Gasteiger partial charge in [-0.1, -0.05) is 48.0 Å². The average Bonchev–Trinajstić information content (AvgIpc) is 2.63. The molecule has 0 radical (unpaired) electrons. The van der Waals surface area contributed by atoms with Crippen molar-refractivity contribution in [3.05, 3.63) is 70.5 Å². The van der Waals surface area contributed by atoms with Gasteiger partial charge in [0.2, 0.25) is 6.10 Å². The van der Waals surface area contributed by atoms with Crippen LogP contribution >= 0.6 is 11.6 Å². The standard InChI is InChI=1S/C18H16ClFN2O4/c1-21-18(25)22-17(24)16(11-6-3-2-4-7-11)26-15(23)10-12-13(19)8-5-9-14(12)20/h2-9,16H,10H2,1H3,(H2,21,22,24,25)/t16-/m0/s1. The second-order valence-electron chi connectivity index (χ2n) is 5.23. The number of benzene rings is 2. The van der Waals surface area contributed by atoms with E-state index in [1.165, 1.54) is 25.2 Å². The van der Waals surface area contributed by atoms with Gasteiger partial charge in [-0.2, -0.15) is 0 Å². The lowest BCUT2D eigenvalue weighted by Crippen LogP contribution is -2.41. The zero-order chi connectivity index (χ0) is 19.1. The first-order valence-corrected chi connectivity index (χ1v) is 8.00. The predicted octanol–water partition coefficient (Wildman–Crippen LogP) is 2.76. The van der Waals surface area contributed by atoms with Gasteiger partial charge >= 0.3 is 12.0 Å². The third kappa shape index (κ3) is 5.03. The topological polar surface area (TPSA) is 84.5 Å². The van der Waals surface area contributed by atoms with E-state index in [0.29, 0.717) is 5.56 Å². The Bertz CT molecular complexity index is 794. The SMILES string of the molecule is CNC(=O)NC(=O)[C@@H](OC(=O)Cc1c(F)cccc1Cl)c1ccccc1. The Labute approximate surface area is 154 Å². The third-order valence-electron chi connectivity index (χ3n) is 3.44. The first-order chi connectivity index (χ1) is 12.4. The molecule has 0 unspecified atom stereocenters. The lowest BCUT2D eigenvalue weighted by molar-refractivity contribution is -0.155. The molecule has 26 heavy (non-hydrogen) atoms. The minimum absolute atomic E-state index is 0.0299. The van der Waals surface area contributed by atoms with Crippen molar-refractivity contribution in [2.24, 2.45) is 0 Å². The van der Waals surface area contributed by atoms with Gasteiger partial charge in [-0.25, -0.2) is 9.18 Å². The maximum atomic E-state index is 13.8. The minimum Gasteiger partial charge on any atom is -0.447 e. The van der Waals surface area contributed by atoms with Gasteiger partial charge in [0.05, 0.1) is 6.42 Å². The van der Waals surface area contributed by atoms with Gasteiger partial charge in [-0.3, -0.25) is 14.9 Å². The molecule has 3 amide bonds. The summed E-state index contributed by atoms with van der Waals surface area (Å²) in [5, 5.41) is 4.36. The molecule has 0 spiro atoms. The molecule has 8 heteroatoms. The zero-order valence-corrected chi connectivity index (χ0v) is 14.5. The van der Waals surface area contributed by atoms with Crippen molar-refractivity contribution in [1.82, 2.24) is 10.6 Å². The number of hydrogen-bond donors (Lipinski definition) is 2. The summed E-state index contributed by atoms with van der Waals surface area (Å²) in [6.45, 7) is 0. The van der Waals surface area contributed by atoms with E-state index in [4.69, 9.17) is 16.3 Å². The molecule has 0 aliphatic rings. The first-order valence-electron chi connectivity index (χ1n) is 7.62. The Hall–Kier alpha value is -2.93. The van der Waals surface area contributed by atoms with Gasteiger partial charge in [-0.15, -0.1) is 0 Å². The molecule has 0 heterocycles. The number of carbonyl (C=O) groups is 3. The fraction of sp³-hybridized carbons (Fsp3) is 0.167.